The molecule has 2 heteroatoms. The van der Waals surface area contributed by atoms with Crippen LogP contribution in [0.5, 0.6) is 0 Å². The lowest BCUT2D eigenvalue weighted by molar-refractivity contribution is -0.132. The zero-order valence-electron chi connectivity index (χ0n) is 9.47. The quantitative estimate of drug-likeness (QED) is 0.637. The van der Waals surface area contributed by atoms with E-state index < -0.39 is 0 Å². The Morgan fingerprint density at radius 1 is 1.29 bits per heavy atom. The summed E-state index contributed by atoms with van der Waals surface area (Å²) in [5.74, 6) is 1.13. The average Bonchev–Trinajstić information content (AvgIpc) is 2.21. The highest BCUT2D eigenvalue weighted by Crippen LogP contribution is 2.16. The van der Waals surface area contributed by atoms with Gasteiger partial charge in [0, 0.05) is 19.5 Å². The van der Waals surface area contributed by atoms with Gasteiger partial charge in [-0.2, -0.15) is 0 Å². The third-order valence-corrected chi connectivity index (χ3v) is 2.44. The van der Waals surface area contributed by atoms with Gasteiger partial charge >= 0.3 is 0 Å². The molecule has 1 aliphatic rings. The first kappa shape index (κ1) is 15.9. The lowest BCUT2D eigenvalue weighted by atomic mass is 9.99. The summed E-state index contributed by atoms with van der Waals surface area (Å²) in [6, 6.07) is 0. The molecule has 0 spiro atoms. The number of carbonyl (C=O) groups is 1. The average molecular weight is 201 g/mol. The molecule has 0 aliphatic carbocycles. The summed E-state index contributed by atoms with van der Waals surface area (Å²) in [6.07, 6.45) is 3.03. The van der Waals surface area contributed by atoms with Gasteiger partial charge in [0.1, 0.15) is 0 Å². The fourth-order valence-electron chi connectivity index (χ4n) is 1.48. The van der Waals surface area contributed by atoms with Crippen molar-refractivity contribution in [2.24, 2.45) is 5.92 Å². The number of rotatable bonds is 1. The highest BCUT2D eigenvalue weighted by molar-refractivity contribution is 5.75. The summed E-state index contributed by atoms with van der Waals surface area (Å²) in [6.45, 7) is 10.1. The molecule has 0 saturated carbocycles. The van der Waals surface area contributed by atoms with Crippen LogP contribution < -0.4 is 0 Å². The predicted molar refractivity (Wildman–Crippen MR) is 63.3 cm³/mol. The molecule has 0 radical (unpaired) electrons. The Morgan fingerprint density at radius 3 is 2.07 bits per heavy atom. The number of likely N-dealkylation sites (tertiary alicyclic amines) is 1. The van der Waals surface area contributed by atoms with Gasteiger partial charge in [0.05, 0.1) is 0 Å². The van der Waals surface area contributed by atoms with Crippen molar-refractivity contribution in [1.29, 1.82) is 0 Å². The second-order valence-corrected chi connectivity index (χ2v) is 3.42. The summed E-state index contributed by atoms with van der Waals surface area (Å²) in [4.78, 5) is 13.2. The van der Waals surface area contributed by atoms with Gasteiger partial charge in [-0.1, -0.05) is 35.1 Å². The molecule has 2 nitrogen and oxygen atoms in total. The van der Waals surface area contributed by atoms with Crippen molar-refractivity contribution in [2.75, 3.05) is 13.1 Å². The number of carbonyl (C=O) groups excluding carboxylic acids is 1. The number of hydrogen-bond donors (Lipinski definition) is 0. The van der Waals surface area contributed by atoms with Gasteiger partial charge < -0.3 is 4.90 Å². The summed E-state index contributed by atoms with van der Waals surface area (Å²) >= 11 is 0. The van der Waals surface area contributed by atoms with Gasteiger partial charge in [-0.15, -0.1) is 0 Å². The molecular formula is C12H27NO. The molecule has 0 N–H and O–H groups in total. The first-order valence-electron chi connectivity index (χ1n) is 5.51. The third-order valence-electron chi connectivity index (χ3n) is 2.44. The Labute approximate surface area is 89.7 Å². The van der Waals surface area contributed by atoms with Crippen LogP contribution in [0.3, 0.4) is 0 Å². The molecule has 86 valence electrons. The van der Waals surface area contributed by atoms with Crippen LogP contribution in [0.4, 0.5) is 0 Å². The van der Waals surface area contributed by atoms with Crippen molar-refractivity contribution in [3.8, 4) is 0 Å². The van der Waals surface area contributed by atoms with E-state index >= 15 is 0 Å². The lowest BCUT2D eigenvalue weighted by Gasteiger charge is -2.29. The van der Waals surface area contributed by atoms with Crippen LogP contribution in [0.1, 0.15) is 54.4 Å². The number of hydrogen-bond acceptors (Lipinski definition) is 1. The molecular weight excluding hydrogens is 174 g/mol. The van der Waals surface area contributed by atoms with Gasteiger partial charge in [-0.05, 0) is 18.8 Å². The van der Waals surface area contributed by atoms with E-state index in [4.69, 9.17) is 0 Å². The summed E-state index contributed by atoms with van der Waals surface area (Å²) in [7, 11) is 0. The van der Waals surface area contributed by atoms with Crippen LogP contribution in [-0.4, -0.2) is 23.9 Å². The van der Waals surface area contributed by atoms with Crippen LogP contribution >= 0.6 is 0 Å². The number of nitrogens with zero attached hydrogens (tertiary/aromatic N) is 1. The maximum atomic E-state index is 11.2. The molecule has 0 atom stereocenters. The van der Waals surface area contributed by atoms with E-state index in [1.807, 2.05) is 25.7 Å². The minimum Gasteiger partial charge on any atom is -0.343 e. The van der Waals surface area contributed by atoms with Crippen molar-refractivity contribution in [3.05, 3.63) is 0 Å². The molecule has 1 aliphatic heterocycles. The Hall–Kier alpha value is -0.530. The fourth-order valence-corrected chi connectivity index (χ4v) is 1.48. The van der Waals surface area contributed by atoms with Gasteiger partial charge in [0.2, 0.25) is 5.91 Å². The van der Waals surface area contributed by atoms with Crippen molar-refractivity contribution < 1.29 is 4.79 Å². The van der Waals surface area contributed by atoms with E-state index in [0.29, 0.717) is 12.3 Å². The Morgan fingerprint density at radius 2 is 1.71 bits per heavy atom. The summed E-state index contributed by atoms with van der Waals surface area (Å²) in [5.41, 5.74) is 0. The van der Waals surface area contributed by atoms with E-state index in [2.05, 4.69) is 6.92 Å². The van der Waals surface area contributed by atoms with Crippen LogP contribution in [-0.2, 0) is 4.79 Å². The molecule has 0 aromatic heterocycles. The van der Waals surface area contributed by atoms with Crippen molar-refractivity contribution >= 4 is 5.91 Å². The maximum absolute atomic E-state index is 11.2. The van der Waals surface area contributed by atoms with Gasteiger partial charge in [-0.25, -0.2) is 0 Å². The Kier molecular flexibility index (Phi) is 10.3. The molecule has 0 aromatic rings. The van der Waals surface area contributed by atoms with E-state index in [0.717, 1.165) is 19.0 Å². The minimum absolute atomic E-state index is 0. The molecule has 14 heavy (non-hydrogen) atoms. The zero-order chi connectivity index (χ0) is 10.3. The molecule has 1 amide bonds. The Balaban J connectivity index is 0. The largest absolute Gasteiger partial charge is 0.343 e. The normalized spacial score (nSPS) is 16.4. The highest BCUT2D eigenvalue weighted by atomic mass is 16.2. The van der Waals surface area contributed by atoms with E-state index in [-0.39, 0.29) is 7.43 Å². The molecule has 1 fully saturated rings. The molecule has 1 heterocycles. The first-order valence-corrected chi connectivity index (χ1v) is 5.51. The van der Waals surface area contributed by atoms with Crippen molar-refractivity contribution in [3.63, 3.8) is 0 Å². The van der Waals surface area contributed by atoms with E-state index in [9.17, 15) is 4.79 Å². The first-order chi connectivity index (χ1) is 6.24. The van der Waals surface area contributed by atoms with E-state index in [1.165, 1.54) is 12.8 Å². The number of amides is 1. The van der Waals surface area contributed by atoms with Crippen LogP contribution in [0.25, 0.3) is 0 Å². The topological polar surface area (TPSA) is 20.3 Å². The standard InChI is InChI=1S/C9H17NO.C2H6.CH4/c1-3-9(11)10-6-4-8(2)5-7-10;1-2;/h8H,3-7H2,1-2H3;1-2H3;1H4. The highest BCUT2D eigenvalue weighted by Gasteiger charge is 2.18. The van der Waals surface area contributed by atoms with Gasteiger partial charge in [0.15, 0.2) is 0 Å². The monoisotopic (exact) mass is 201 g/mol. The fraction of sp³-hybridized carbons (Fsp3) is 0.917. The zero-order valence-corrected chi connectivity index (χ0v) is 9.47. The third kappa shape index (κ3) is 5.25. The van der Waals surface area contributed by atoms with Gasteiger partial charge in [0.25, 0.3) is 0 Å². The second kappa shape index (κ2) is 9.04. The molecule has 1 rings (SSSR count). The van der Waals surface area contributed by atoms with Crippen LogP contribution in [0, 0.1) is 5.92 Å². The predicted octanol–water partition coefficient (Wildman–Crippen LogP) is 3.32. The smallest absolute Gasteiger partial charge is 0.222 e. The molecule has 0 aromatic carbocycles. The van der Waals surface area contributed by atoms with Gasteiger partial charge in [-0.3, -0.25) is 4.79 Å². The number of piperidine rings is 1. The van der Waals surface area contributed by atoms with Crippen molar-refractivity contribution in [2.45, 2.75) is 54.4 Å². The van der Waals surface area contributed by atoms with E-state index in [1.54, 1.807) is 0 Å². The second-order valence-electron chi connectivity index (χ2n) is 3.42. The molecule has 1 saturated heterocycles. The summed E-state index contributed by atoms with van der Waals surface area (Å²) in [5, 5.41) is 0. The lowest BCUT2D eigenvalue weighted by Crippen LogP contribution is -2.37. The van der Waals surface area contributed by atoms with Crippen molar-refractivity contribution in [1.82, 2.24) is 4.90 Å². The molecule has 0 bridgehead atoms. The molecule has 0 unspecified atom stereocenters. The van der Waals surface area contributed by atoms with Crippen LogP contribution in [0.15, 0.2) is 0 Å². The Bertz CT molecular complexity index is 137. The summed E-state index contributed by atoms with van der Waals surface area (Å²) < 4.78 is 0. The van der Waals surface area contributed by atoms with Crippen LogP contribution in [0.2, 0.25) is 0 Å². The SMILES string of the molecule is C.CC.CCC(=O)N1CCC(C)CC1. The maximum Gasteiger partial charge on any atom is 0.222 e. The minimum atomic E-state index is 0.